The summed E-state index contributed by atoms with van der Waals surface area (Å²) in [5.41, 5.74) is 0.589. The van der Waals surface area contributed by atoms with E-state index in [0.29, 0.717) is 17.6 Å². The minimum Gasteiger partial charge on any atom is -0.450 e. The standard InChI is InChI=1S/C17H24O5/c1-8-6-12(22-10(3)18)15(20)9(2)11-7-17(4,5)13(11)16(21)14(8)19/h6,11-14,16,19,21H,2,7H2,1,3-5H3/b8-6-/t11-,12-,13-,14-,16+/m1/s1. The van der Waals surface area contributed by atoms with Gasteiger partial charge in [0.2, 0.25) is 5.78 Å². The van der Waals surface area contributed by atoms with Crippen molar-refractivity contribution in [3.63, 3.8) is 0 Å². The number of fused-ring (bicyclic) bond motifs is 1. The second-order valence-electron chi connectivity index (χ2n) is 7.09. The first-order chi connectivity index (χ1) is 10.1. The van der Waals surface area contributed by atoms with Crippen molar-refractivity contribution < 1.29 is 24.5 Å². The Morgan fingerprint density at radius 2 is 2.00 bits per heavy atom. The maximum Gasteiger partial charge on any atom is 0.303 e. The lowest BCUT2D eigenvalue weighted by Gasteiger charge is -2.54. The fourth-order valence-corrected chi connectivity index (χ4v) is 3.76. The second-order valence-corrected chi connectivity index (χ2v) is 7.09. The zero-order valence-corrected chi connectivity index (χ0v) is 13.5. The fraction of sp³-hybridized carbons (Fsp3) is 0.647. The van der Waals surface area contributed by atoms with Gasteiger partial charge in [0.25, 0.3) is 0 Å². The first-order valence-electron chi connectivity index (χ1n) is 7.51. The predicted octanol–water partition coefficient (Wildman–Crippen LogP) is 1.39. The van der Waals surface area contributed by atoms with Crippen molar-refractivity contribution in [1.29, 1.82) is 0 Å². The molecule has 5 heteroatoms. The van der Waals surface area contributed by atoms with Crippen LogP contribution in [0.4, 0.5) is 0 Å². The summed E-state index contributed by atoms with van der Waals surface area (Å²) < 4.78 is 5.06. The van der Waals surface area contributed by atoms with Crippen LogP contribution in [0, 0.1) is 17.3 Å². The number of hydrogen-bond acceptors (Lipinski definition) is 5. The molecular weight excluding hydrogens is 284 g/mol. The molecule has 0 aromatic carbocycles. The van der Waals surface area contributed by atoms with E-state index in [1.54, 1.807) is 6.92 Å². The molecule has 1 saturated carbocycles. The molecular formula is C17H24O5. The van der Waals surface area contributed by atoms with Gasteiger partial charge < -0.3 is 14.9 Å². The summed E-state index contributed by atoms with van der Waals surface area (Å²) >= 11 is 0. The number of carbonyl (C=O) groups excluding carboxylic acids is 2. The van der Waals surface area contributed by atoms with Gasteiger partial charge in [-0.3, -0.25) is 9.59 Å². The van der Waals surface area contributed by atoms with Gasteiger partial charge >= 0.3 is 5.97 Å². The largest absolute Gasteiger partial charge is 0.450 e. The molecule has 0 aliphatic heterocycles. The van der Waals surface area contributed by atoms with Crippen LogP contribution in [-0.2, 0) is 14.3 Å². The molecule has 0 aromatic rings. The van der Waals surface area contributed by atoms with Gasteiger partial charge in [-0.15, -0.1) is 0 Å². The Morgan fingerprint density at radius 3 is 2.50 bits per heavy atom. The molecule has 0 amide bonds. The summed E-state index contributed by atoms with van der Waals surface area (Å²) in [7, 11) is 0. The molecule has 2 aliphatic carbocycles. The van der Waals surface area contributed by atoms with E-state index in [4.69, 9.17) is 4.74 Å². The van der Waals surface area contributed by atoms with Crippen molar-refractivity contribution >= 4 is 11.8 Å². The zero-order chi connectivity index (χ0) is 16.8. The summed E-state index contributed by atoms with van der Waals surface area (Å²) in [6.45, 7) is 10.7. The van der Waals surface area contributed by atoms with Crippen LogP contribution in [0.2, 0.25) is 0 Å². The first-order valence-corrected chi connectivity index (χ1v) is 7.51. The molecule has 22 heavy (non-hydrogen) atoms. The third-order valence-corrected chi connectivity index (χ3v) is 4.97. The Kier molecular flexibility index (Phi) is 4.33. The van der Waals surface area contributed by atoms with Gasteiger partial charge in [0.15, 0.2) is 6.10 Å². The second kappa shape index (κ2) is 5.63. The predicted molar refractivity (Wildman–Crippen MR) is 80.8 cm³/mol. The van der Waals surface area contributed by atoms with Crippen molar-refractivity contribution in [2.75, 3.05) is 0 Å². The van der Waals surface area contributed by atoms with E-state index >= 15 is 0 Å². The molecule has 5 nitrogen and oxygen atoms in total. The molecule has 0 saturated heterocycles. The number of ketones is 1. The van der Waals surface area contributed by atoms with Crippen molar-refractivity contribution in [3.05, 3.63) is 23.8 Å². The quantitative estimate of drug-likeness (QED) is 0.434. The Hall–Kier alpha value is -1.46. The van der Waals surface area contributed by atoms with Crippen LogP contribution in [-0.4, -0.2) is 40.3 Å². The zero-order valence-electron chi connectivity index (χ0n) is 13.5. The van der Waals surface area contributed by atoms with E-state index in [1.807, 2.05) is 13.8 Å². The Morgan fingerprint density at radius 1 is 1.41 bits per heavy atom. The van der Waals surface area contributed by atoms with Crippen molar-refractivity contribution in [2.24, 2.45) is 17.3 Å². The van der Waals surface area contributed by atoms with E-state index in [0.717, 1.165) is 0 Å². The third-order valence-electron chi connectivity index (χ3n) is 4.97. The molecule has 0 radical (unpaired) electrons. The van der Waals surface area contributed by atoms with Crippen LogP contribution in [0.5, 0.6) is 0 Å². The number of Topliss-reactive ketones (excluding diaryl/α,β-unsaturated/α-hetero) is 1. The lowest BCUT2D eigenvalue weighted by molar-refractivity contribution is -0.150. The maximum absolute atomic E-state index is 12.6. The van der Waals surface area contributed by atoms with Crippen molar-refractivity contribution in [2.45, 2.75) is 52.4 Å². The summed E-state index contributed by atoms with van der Waals surface area (Å²) in [5, 5.41) is 20.9. The molecule has 5 atom stereocenters. The number of esters is 1. The topological polar surface area (TPSA) is 83.8 Å². The monoisotopic (exact) mass is 308 g/mol. The third kappa shape index (κ3) is 2.75. The number of aliphatic hydroxyl groups is 2. The van der Waals surface area contributed by atoms with E-state index in [1.165, 1.54) is 13.0 Å². The van der Waals surface area contributed by atoms with Gasteiger partial charge in [0, 0.05) is 6.92 Å². The fourth-order valence-electron chi connectivity index (χ4n) is 3.76. The van der Waals surface area contributed by atoms with Gasteiger partial charge in [0.05, 0.1) is 6.10 Å². The van der Waals surface area contributed by atoms with Crippen LogP contribution in [0.25, 0.3) is 0 Å². The van der Waals surface area contributed by atoms with E-state index < -0.39 is 24.3 Å². The summed E-state index contributed by atoms with van der Waals surface area (Å²) in [4.78, 5) is 23.8. The van der Waals surface area contributed by atoms with E-state index in [2.05, 4.69) is 6.58 Å². The normalized spacial score (nSPS) is 40.3. The average Bonchev–Trinajstić information content (AvgIpc) is 2.41. The molecule has 0 aromatic heterocycles. The first kappa shape index (κ1) is 16.9. The number of carbonyl (C=O) groups is 2. The Labute approximate surface area is 130 Å². The van der Waals surface area contributed by atoms with Crippen LogP contribution in [0.3, 0.4) is 0 Å². The minimum absolute atomic E-state index is 0.185. The molecule has 2 rings (SSSR count). The Bertz CT molecular complexity index is 545. The van der Waals surface area contributed by atoms with E-state index in [-0.39, 0.29) is 23.0 Å². The summed E-state index contributed by atoms with van der Waals surface area (Å²) in [5.74, 6) is -1.39. The lowest BCUT2D eigenvalue weighted by atomic mass is 9.51. The molecule has 0 heterocycles. The molecule has 0 unspecified atom stereocenters. The van der Waals surface area contributed by atoms with E-state index in [9.17, 15) is 19.8 Å². The molecule has 2 aliphatic rings. The smallest absolute Gasteiger partial charge is 0.303 e. The van der Waals surface area contributed by atoms with Gasteiger partial charge in [-0.2, -0.15) is 0 Å². The van der Waals surface area contributed by atoms with Crippen LogP contribution >= 0.6 is 0 Å². The number of hydrogen-bond donors (Lipinski definition) is 2. The van der Waals surface area contributed by atoms with Crippen molar-refractivity contribution in [3.8, 4) is 0 Å². The minimum atomic E-state index is -1.09. The molecule has 1 fully saturated rings. The van der Waals surface area contributed by atoms with Crippen LogP contribution < -0.4 is 0 Å². The highest BCUT2D eigenvalue weighted by molar-refractivity contribution is 6.01. The van der Waals surface area contributed by atoms with Gasteiger partial charge in [0.1, 0.15) is 6.10 Å². The Balaban J connectivity index is 2.43. The summed E-state index contributed by atoms with van der Waals surface area (Å²) in [6, 6.07) is 0. The maximum atomic E-state index is 12.6. The molecule has 0 bridgehead atoms. The van der Waals surface area contributed by atoms with Gasteiger partial charge in [-0.05, 0) is 47.8 Å². The van der Waals surface area contributed by atoms with Crippen LogP contribution in [0.1, 0.15) is 34.1 Å². The number of rotatable bonds is 1. The summed E-state index contributed by atoms with van der Waals surface area (Å²) in [6.07, 6.45) is -1.05. The number of aliphatic hydroxyl groups excluding tert-OH is 2. The highest BCUT2D eigenvalue weighted by Gasteiger charge is 2.55. The highest BCUT2D eigenvalue weighted by atomic mass is 16.5. The lowest BCUT2D eigenvalue weighted by Crippen LogP contribution is -2.55. The molecule has 0 spiro atoms. The molecule has 2 N–H and O–H groups in total. The van der Waals surface area contributed by atoms with Crippen LogP contribution in [0.15, 0.2) is 23.8 Å². The van der Waals surface area contributed by atoms with Gasteiger partial charge in [-0.25, -0.2) is 0 Å². The number of ether oxygens (including phenoxy) is 1. The average molecular weight is 308 g/mol. The SMILES string of the molecule is C=C1C(=O)[C@H](OC(C)=O)/C=C(/C)[C@@H](O)[C@@H](O)[C@H]2[C@@H]1CC2(C)C. The van der Waals surface area contributed by atoms with Gasteiger partial charge in [-0.1, -0.05) is 20.4 Å². The van der Waals surface area contributed by atoms with Crippen molar-refractivity contribution in [1.82, 2.24) is 0 Å². The molecule has 122 valence electrons. The highest BCUT2D eigenvalue weighted by Crippen LogP contribution is 2.56.